The minimum absolute atomic E-state index is 0.0877. The van der Waals surface area contributed by atoms with E-state index in [9.17, 15) is 13.6 Å². The summed E-state index contributed by atoms with van der Waals surface area (Å²) in [5.74, 6) is -1.41. The molecule has 0 saturated heterocycles. The number of nitrogens with one attached hydrogen (secondary N) is 1. The molecule has 1 aliphatic carbocycles. The molecule has 4 rings (SSSR count). The molecule has 0 heterocycles. The van der Waals surface area contributed by atoms with Crippen molar-refractivity contribution in [3.63, 3.8) is 0 Å². The van der Waals surface area contributed by atoms with Crippen LogP contribution in [0, 0.1) is 11.6 Å². The third-order valence-corrected chi connectivity index (χ3v) is 5.07. The lowest BCUT2D eigenvalue weighted by atomic mass is 10.1. The molecule has 1 N–H and O–H groups in total. The van der Waals surface area contributed by atoms with Crippen molar-refractivity contribution in [2.45, 2.75) is 25.4 Å². The van der Waals surface area contributed by atoms with Gasteiger partial charge in [0.25, 0.3) is 0 Å². The molecular formula is C23H20F2N2O. The minimum Gasteiger partial charge on any atom is -0.334 e. The Morgan fingerprint density at radius 2 is 1.57 bits per heavy atom. The van der Waals surface area contributed by atoms with Crippen molar-refractivity contribution < 1.29 is 13.6 Å². The highest BCUT2D eigenvalue weighted by molar-refractivity contribution is 5.93. The van der Waals surface area contributed by atoms with Gasteiger partial charge in [-0.05, 0) is 41.7 Å². The van der Waals surface area contributed by atoms with Crippen LogP contribution in [0.5, 0.6) is 0 Å². The van der Waals surface area contributed by atoms with Crippen LogP contribution in [0.25, 0.3) is 0 Å². The van der Waals surface area contributed by atoms with Crippen LogP contribution in [0.4, 0.5) is 19.3 Å². The van der Waals surface area contributed by atoms with Crippen molar-refractivity contribution in [3.8, 4) is 0 Å². The summed E-state index contributed by atoms with van der Waals surface area (Å²) in [7, 11) is 0. The van der Waals surface area contributed by atoms with Crippen molar-refractivity contribution in [2.24, 2.45) is 0 Å². The van der Waals surface area contributed by atoms with E-state index in [1.165, 1.54) is 17.0 Å². The average Bonchev–Trinajstić information content (AvgIpc) is 3.12. The van der Waals surface area contributed by atoms with Gasteiger partial charge < -0.3 is 5.32 Å². The number of halogens is 2. The van der Waals surface area contributed by atoms with Crippen LogP contribution in [0.3, 0.4) is 0 Å². The maximum atomic E-state index is 14.5. The second-order valence-electron chi connectivity index (χ2n) is 6.94. The fourth-order valence-corrected chi connectivity index (χ4v) is 3.73. The smallest absolute Gasteiger partial charge is 0.322 e. The number of fused-ring (bicyclic) bond motifs is 1. The highest BCUT2D eigenvalue weighted by Gasteiger charge is 2.32. The molecule has 3 aromatic carbocycles. The van der Waals surface area contributed by atoms with Crippen molar-refractivity contribution in [1.29, 1.82) is 0 Å². The van der Waals surface area contributed by atoms with Crippen LogP contribution >= 0.6 is 0 Å². The zero-order valence-corrected chi connectivity index (χ0v) is 15.2. The minimum atomic E-state index is -0.745. The highest BCUT2D eigenvalue weighted by atomic mass is 19.1. The lowest BCUT2D eigenvalue weighted by Crippen LogP contribution is -2.47. The van der Waals surface area contributed by atoms with Crippen LogP contribution in [-0.4, -0.2) is 12.1 Å². The number of carbonyl (C=O) groups excluding carboxylic acids is 1. The topological polar surface area (TPSA) is 32.3 Å². The summed E-state index contributed by atoms with van der Waals surface area (Å²) in [6.07, 6.45) is 1.26. The molecule has 0 fully saturated rings. The van der Waals surface area contributed by atoms with Gasteiger partial charge in [0.05, 0.1) is 5.69 Å². The second-order valence-corrected chi connectivity index (χ2v) is 6.94. The Morgan fingerprint density at radius 1 is 0.929 bits per heavy atom. The number of anilines is 1. The van der Waals surface area contributed by atoms with Gasteiger partial charge in [-0.3, -0.25) is 4.90 Å². The largest absolute Gasteiger partial charge is 0.334 e. The normalized spacial score (nSPS) is 13.2. The fraction of sp³-hybridized carbons (Fsp3) is 0.174. The zero-order chi connectivity index (χ0) is 19.5. The molecular weight excluding hydrogens is 358 g/mol. The van der Waals surface area contributed by atoms with E-state index >= 15 is 0 Å². The molecule has 142 valence electrons. The Kier molecular flexibility index (Phi) is 5.06. The first-order chi connectivity index (χ1) is 13.6. The van der Waals surface area contributed by atoms with Crippen molar-refractivity contribution in [3.05, 3.63) is 101 Å². The second kappa shape index (κ2) is 7.80. The van der Waals surface area contributed by atoms with Crippen molar-refractivity contribution in [2.75, 3.05) is 4.90 Å². The first-order valence-corrected chi connectivity index (χ1v) is 9.24. The summed E-state index contributed by atoms with van der Waals surface area (Å²) in [4.78, 5) is 14.5. The molecule has 0 aromatic heterocycles. The van der Waals surface area contributed by atoms with Gasteiger partial charge in [0, 0.05) is 18.7 Å². The standard InChI is InChI=1S/C23H20F2N2O/c24-19-10-11-22(21(25)14-19)27(20-12-17-8-4-5-9-18(17)13-20)23(28)26-15-16-6-2-1-3-7-16/h1-11,14,20H,12-13,15H2,(H,26,28). The predicted molar refractivity (Wildman–Crippen MR) is 105 cm³/mol. The zero-order valence-electron chi connectivity index (χ0n) is 15.2. The first kappa shape index (κ1) is 18.2. The molecule has 0 bridgehead atoms. The molecule has 0 aliphatic heterocycles. The van der Waals surface area contributed by atoms with Crippen LogP contribution in [0.1, 0.15) is 16.7 Å². The molecule has 0 unspecified atom stereocenters. The van der Waals surface area contributed by atoms with E-state index in [4.69, 9.17) is 0 Å². The molecule has 3 nitrogen and oxygen atoms in total. The molecule has 0 saturated carbocycles. The molecule has 5 heteroatoms. The molecule has 2 amide bonds. The van der Waals surface area contributed by atoms with Gasteiger partial charge in [-0.1, -0.05) is 54.6 Å². The van der Waals surface area contributed by atoms with Gasteiger partial charge in [0.2, 0.25) is 0 Å². The fourth-order valence-electron chi connectivity index (χ4n) is 3.73. The van der Waals surface area contributed by atoms with Crippen molar-refractivity contribution >= 4 is 11.7 Å². The number of nitrogens with zero attached hydrogens (tertiary/aromatic N) is 1. The third-order valence-electron chi connectivity index (χ3n) is 5.07. The molecule has 0 spiro atoms. The number of urea groups is 1. The van der Waals surface area contributed by atoms with Gasteiger partial charge in [0.15, 0.2) is 0 Å². The maximum absolute atomic E-state index is 14.5. The number of hydrogen-bond acceptors (Lipinski definition) is 1. The summed E-state index contributed by atoms with van der Waals surface area (Å²) in [5, 5.41) is 2.87. The van der Waals surface area contributed by atoms with E-state index in [-0.39, 0.29) is 11.7 Å². The molecule has 3 aromatic rings. The number of benzene rings is 3. The van der Waals surface area contributed by atoms with Gasteiger partial charge >= 0.3 is 6.03 Å². The lowest BCUT2D eigenvalue weighted by Gasteiger charge is -2.29. The van der Waals surface area contributed by atoms with Gasteiger partial charge in [-0.2, -0.15) is 0 Å². The van der Waals surface area contributed by atoms with Gasteiger partial charge in [-0.25, -0.2) is 13.6 Å². The van der Waals surface area contributed by atoms with Crippen LogP contribution in [-0.2, 0) is 19.4 Å². The van der Waals surface area contributed by atoms with Crippen LogP contribution in [0.15, 0.2) is 72.8 Å². The lowest BCUT2D eigenvalue weighted by molar-refractivity contribution is 0.243. The van der Waals surface area contributed by atoms with E-state index in [1.807, 2.05) is 54.6 Å². The summed E-state index contributed by atoms with van der Waals surface area (Å²) in [5.41, 5.74) is 3.33. The van der Waals surface area contributed by atoms with E-state index in [0.29, 0.717) is 19.4 Å². The predicted octanol–water partition coefficient (Wildman–Crippen LogP) is 4.85. The molecule has 0 radical (unpaired) electrons. The van der Waals surface area contributed by atoms with Crippen LogP contribution < -0.4 is 10.2 Å². The molecule has 28 heavy (non-hydrogen) atoms. The first-order valence-electron chi connectivity index (χ1n) is 9.24. The van der Waals surface area contributed by atoms with Crippen molar-refractivity contribution in [1.82, 2.24) is 5.32 Å². The number of rotatable bonds is 4. The SMILES string of the molecule is O=C(NCc1ccccc1)N(c1ccc(F)cc1F)C1Cc2ccccc2C1. The maximum Gasteiger partial charge on any atom is 0.322 e. The number of amides is 2. The summed E-state index contributed by atoms with van der Waals surface area (Å²) >= 11 is 0. The monoisotopic (exact) mass is 378 g/mol. The van der Waals surface area contributed by atoms with E-state index in [1.54, 1.807) is 0 Å². The molecule has 0 atom stereocenters. The Morgan fingerprint density at radius 3 is 2.21 bits per heavy atom. The van der Waals surface area contributed by atoms with Gasteiger partial charge in [0.1, 0.15) is 11.6 Å². The van der Waals surface area contributed by atoms with Crippen LogP contribution in [0.2, 0.25) is 0 Å². The highest BCUT2D eigenvalue weighted by Crippen LogP contribution is 2.31. The van der Waals surface area contributed by atoms with E-state index in [0.717, 1.165) is 22.8 Å². The Bertz CT molecular complexity index is 966. The number of carbonyl (C=O) groups is 1. The Labute approximate surface area is 162 Å². The number of hydrogen-bond donors (Lipinski definition) is 1. The van der Waals surface area contributed by atoms with E-state index < -0.39 is 17.7 Å². The summed E-state index contributed by atoms with van der Waals surface area (Å²) < 4.78 is 28.0. The third kappa shape index (κ3) is 3.74. The summed E-state index contributed by atoms with van der Waals surface area (Å²) in [6.45, 7) is 0.332. The quantitative estimate of drug-likeness (QED) is 0.692. The van der Waals surface area contributed by atoms with Gasteiger partial charge in [-0.15, -0.1) is 0 Å². The summed E-state index contributed by atoms with van der Waals surface area (Å²) in [6, 6.07) is 20.2. The average molecular weight is 378 g/mol. The molecule has 1 aliphatic rings. The van der Waals surface area contributed by atoms with E-state index in [2.05, 4.69) is 5.32 Å². The Hall–Kier alpha value is -3.21. The Balaban J connectivity index is 1.61.